The third-order valence-corrected chi connectivity index (χ3v) is 3.72. The highest BCUT2D eigenvalue weighted by atomic mass is 35.5. The maximum absolute atomic E-state index is 12.6. The molecular weight excluding hydrogens is 292 g/mol. The van der Waals surface area contributed by atoms with Gasteiger partial charge in [-0.05, 0) is 6.42 Å². The summed E-state index contributed by atoms with van der Waals surface area (Å²) in [5.41, 5.74) is 0.174. The summed E-state index contributed by atoms with van der Waals surface area (Å²) in [4.78, 5) is 36.0. The number of halogens is 1. The molecular formula is C14H19ClN4O2. The summed E-state index contributed by atoms with van der Waals surface area (Å²) in [6.07, 6.45) is 2.19. The molecule has 2 amide bonds. The molecule has 114 valence electrons. The zero-order valence-electron chi connectivity index (χ0n) is 12.5. The van der Waals surface area contributed by atoms with Gasteiger partial charge in [0.25, 0.3) is 5.91 Å². The molecule has 0 unspecified atom stereocenters. The number of nitrogens with zero attached hydrogens (tertiary/aromatic N) is 4. The molecule has 0 saturated carbocycles. The van der Waals surface area contributed by atoms with E-state index in [2.05, 4.69) is 9.97 Å². The van der Waals surface area contributed by atoms with Crippen LogP contribution < -0.4 is 0 Å². The van der Waals surface area contributed by atoms with Crippen LogP contribution in [-0.2, 0) is 4.79 Å². The molecule has 0 aromatic carbocycles. The fourth-order valence-corrected chi connectivity index (χ4v) is 2.29. The molecule has 2 heterocycles. The Bertz CT molecular complexity index is 562. The number of carbonyl (C=O) groups is 2. The summed E-state index contributed by atoms with van der Waals surface area (Å²) in [7, 11) is 1.74. The molecule has 7 heteroatoms. The molecule has 0 N–H and O–H groups in total. The van der Waals surface area contributed by atoms with Crippen molar-refractivity contribution in [3.05, 3.63) is 22.7 Å². The van der Waals surface area contributed by atoms with E-state index in [1.807, 2.05) is 13.8 Å². The summed E-state index contributed by atoms with van der Waals surface area (Å²) in [5, 5.41) is 0.217. The van der Waals surface area contributed by atoms with Crippen LogP contribution in [0.1, 0.15) is 42.5 Å². The van der Waals surface area contributed by atoms with E-state index in [1.54, 1.807) is 11.9 Å². The van der Waals surface area contributed by atoms with Gasteiger partial charge in [0, 0.05) is 26.1 Å². The first-order valence-corrected chi connectivity index (χ1v) is 7.33. The molecule has 1 aromatic heterocycles. The van der Waals surface area contributed by atoms with E-state index in [9.17, 15) is 9.59 Å². The Hall–Kier alpha value is -1.69. The Morgan fingerprint density at radius 3 is 2.76 bits per heavy atom. The van der Waals surface area contributed by atoms with E-state index in [-0.39, 0.29) is 35.0 Å². The monoisotopic (exact) mass is 310 g/mol. The van der Waals surface area contributed by atoms with Crippen LogP contribution in [-0.4, -0.2) is 58.3 Å². The van der Waals surface area contributed by atoms with Crippen LogP contribution in [0.2, 0.25) is 5.02 Å². The summed E-state index contributed by atoms with van der Waals surface area (Å²) >= 11 is 6.05. The van der Waals surface area contributed by atoms with Gasteiger partial charge in [0.1, 0.15) is 12.4 Å². The lowest BCUT2D eigenvalue weighted by atomic mass is 10.2. The van der Waals surface area contributed by atoms with Gasteiger partial charge in [-0.2, -0.15) is 0 Å². The first-order chi connectivity index (χ1) is 9.90. The van der Waals surface area contributed by atoms with Crippen molar-refractivity contribution in [2.45, 2.75) is 26.2 Å². The van der Waals surface area contributed by atoms with Crippen molar-refractivity contribution >= 4 is 23.4 Å². The Balaban J connectivity index is 2.26. The fourth-order valence-electron chi connectivity index (χ4n) is 2.12. The molecule has 0 atom stereocenters. The molecule has 0 bridgehead atoms. The van der Waals surface area contributed by atoms with E-state index in [1.165, 1.54) is 11.1 Å². The van der Waals surface area contributed by atoms with Crippen molar-refractivity contribution in [2.75, 3.05) is 26.7 Å². The van der Waals surface area contributed by atoms with Crippen molar-refractivity contribution in [1.82, 2.24) is 19.8 Å². The Morgan fingerprint density at radius 1 is 1.38 bits per heavy atom. The Kier molecular flexibility index (Phi) is 4.77. The van der Waals surface area contributed by atoms with E-state index in [4.69, 9.17) is 11.6 Å². The highest BCUT2D eigenvalue weighted by molar-refractivity contribution is 6.33. The third kappa shape index (κ3) is 3.50. The second-order valence-corrected chi connectivity index (χ2v) is 5.88. The highest BCUT2D eigenvalue weighted by Gasteiger charge is 2.26. The van der Waals surface area contributed by atoms with Gasteiger partial charge >= 0.3 is 0 Å². The van der Waals surface area contributed by atoms with Gasteiger partial charge in [0.2, 0.25) is 5.91 Å². The van der Waals surface area contributed by atoms with Gasteiger partial charge in [0.05, 0.1) is 11.2 Å². The van der Waals surface area contributed by atoms with Crippen LogP contribution in [0.4, 0.5) is 0 Å². The van der Waals surface area contributed by atoms with E-state index >= 15 is 0 Å². The summed E-state index contributed by atoms with van der Waals surface area (Å²) < 4.78 is 0. The number of hydrogen-bond donors (Lipinski definition) is 0. The first kappa shape index (κ1) is 15.7. The Morgan fingerprint density at radius 2 is 2.10 bits per heavy atom. The lowest BCUT2D eigenvalue weighted by Gasteiger charge is -2.20. The minimum atomic E-state index is -0.312. The summed E-state index contributed by atoms with van der Waals surface area (Å²) in [5.74, 6) is 0.287. The normalized spacial score (nSPS) is 16.3. The van der Waals surface area contributed by atoms with Crippen molar-refractivity contribution in [2.24, 2.45) is 0 Å². The zero-order chi connectivity index (χ0) is 15.6. The fraction of sp³-hybridized carbons (Fsp3) is 0.571. The topological polar surface area (TPSA) is 66.4 Å². The second kappa shape index (κ2) is 6.39. The van der Waals surface area contributed by atoms with Crippen LogP contribution in [0, 0.1) is 0 Å². The molecule has 1 fully saturated rings. The maximum Gasteiger partial charge on any atom is 0.274 e. The Labute approximate surface area is 129 Å². The number of aromatic nitrogens is 2. The maximum atomic E-state index is 12.6. The quantitative estimate of drug-likeness (QED) is 0.831. The molecule has 1 aromatic rings. The lowest BCUT2D eigenvalue weighted by Crippen LogP contribution is -2.38. The summed E-state index contributed by atoms with van der Waals surface area (Å²) in [6, 6.07) is 0. The average molecular weight is 311 g/mol. The van der Waals surface area contributed by atoms with Crippen molar-refractivity contribution in [3.8, 4) is 0 Å². The van der Waals surface area contributed by atoms with E-state index in [0.29, 0.717) is 18.9 Å². The SMILES string of the molecule is CC(C)c1ncc(Cl)c(C(=O)N2CCCN(C)C(=O)C2)n1. The number of carbonyl (C=O) groups excluding carboxylic acids is 2. The standard InChI is InChI=1S/C14H19ClN4O2/c1-9(2)13-16-7-10(15)12(17-13)14(21)19-6-4-5-18(3)11(20)8-19/h7,9H,4-6,8H2,1-3H3. The van der Waals surface area contributed by atoms with Crippen LogP contribution in [0.25, 0.3) is 0 Å². The highest BCUT2D eigenvalue weighted by Crippen LogP contribution is 2.18. The molecule has 0 radical (unpaired) electrons. The molecule has 2 rings (SSSR count). The first-order valence-electron chi connectivity index (χ1n) is 6.95. The largest absolute Gasteiger partial charge is 0.344 e. The van der Waals surface area contributed by atoms with Crippen LogP contribution >= 0.6 is 11.6 Å². The number of likely N-dealkylation sites (N-methyl/N-ethyl adjacent to an activating group) is 1. The van der Waals surface area contributed by atoms with Crippen molar-refractivity contribution in [3.63, 3.8) is 0 Å². The van der Waals surface area contributed by atoms with Gasteiger partial charge < -0.3 is 9.80 Å². The number of hydrogen-bond acceptors (Lipinski definition) is 4. The number of rotatable bonds is 2. The van der Waals surface area contributed by atoms with Gasteiger partial charge in [0.15, 0.2) is 5.69 Å². The molecule has 1 aliphatic heterocycles. The molecule has 1 saturated heterocycles. The second-order valence-electron chi connectivity index (χ2n) is 5.48. The van der Waals surface area contributed by atoms with Crippen molar-refractivity contribution < 1.29 is 9.59 Å². The predicted molar refractivity (Wildman–Crippen MR) is 79.3 cm³/mol. The molecule has 21 heavy (non-hydrogen) atoms. The van der Waals surface area contributed by atoms with E-state index < -0.39 is 0 Å². The van der Waals surface area contributed by atoms with Crippen LogP contribution in [0.3, 0.4) is 0 Å². The van der Waals surface area contributed by atoms with E-state index in [0.717, 1.165) is 6.42 Å². The van der Waals surface area contributed by atoms with Crippen molar-refractivity contribution in [1.29, 1.82) is 0 Å². The minimum absolute atomic E-state index is 0.0622. The number of amides is 2. The van der Waals surface area contributed by atoms with Gasteiger partial charge in [-0.3, -0.25) is 9.59 Å². The van der Waals surface area contributed by atoms with Crippen LogP contribution in [0.15, 0.2) is 6.20 Å². The third-order valence-electron chi connectivity index (χ3n) is 3.44. The lowest BCUT2D eigenvalue weighted by molar-refractivity contribution is -0.129. The molecule has 1 aliphatic rings. The molecule has 0 aliphatic carbocycles. The zero-order valence-corrected chi connectivity index (χ0v) is 13.2. The smallest absolute Gasteiger partial charge is 0.274 e. The predicted octanol–water partition coefficient (Wildman–Crippen LogP) is 1.56. The molecule has 6 nitrogen and oxygen atoms in total. The van der Waals surface area contributed by atoms with Crippen LogP contribution in [0.5, 0.6) is 0 Å². The van der Waals surface area contributed by atoms with Gasteiger partial charge in [-0.15, -0.1) is 0 Å². The van der Waals surface area contributed by atoms with Gasteiger partial charge in [-0.1, -0.05) is 25.4 Å². The molecule has 0 spiro atoms. The van der Waals surface area contributed by atoms with Gasteiger partial charge in [-0.25, -0.2) is 9.97 Å². The average Bonchev–Trinajstić information content (AvgIpc) is 2.61. The summed E-state index contributed by atoms with van der Waals surface area (Å²) in [6.45, 7) is 5.13. The minimum Gasteiger partial charge on any atom is -0.344 e.